The molecule has 5 nitrogen and oxygen atoms in total. The first kappa shape index (κ1) is 16.2. The molecular weight excluding hydrogens is 360 g/mol. The molecule has 1 amide bonds. The van der Waals surface area contributed by atoms with Crippen LogP contribution in [0.4, 0.5) is 5.69 Å². The summed E-state index contributed by atoms with van der Waals surface area (Å²) in [6.07, 6.45) is 8.43. The molecule has 1 aliphatic heterocycles. The van der Waals surface area contributed by atoms with E-state index >= 15 is 0 Å². The van der Waals surface area contributed by atoms with Crippen LogP contribution in [0.25, 0.3) is 23.1 Å². The highest BCUT2D eigenvalue weighted by Crippen LogP contribution is 2.64. The van der Waals surface area contributed by atoms with Gasteiger partial charge in [-0.2, -0.15) is 5.10 Å². The molecule has 140 valence electrons. The van der Waals surface area contributed by atoms with Crippen LogP contribution in [0.5, 0.6) is 0 Å². The Bertz CT molecular complexity index is 1290. The van der Waals surface area contributed by atoms with E-state index in [9.17, 15) is 4.79 Å². The zero-order valence-electron chi connectivity index (χ0n) is 15.6. The maximum absolute atomic E-state index is 12.7. The van der Waals surface area contributed by atoms with Gasteiger partial charge in [0.1, 0.15) is 0 Å². The lowest BCUT2D eigenvalue weighted by molar-refractivity contribution is -0.118. The van der Waals surface area contributed by atoms with Crippen molar-refractivity contribution in [1.82, 2.24) is 15.2 Å². The van der Waals surface area contributed by atoms with Crippen molar-refractivity contribution in [2.75, 3.05) is 5.32 Å². The van der Waals surface area contributed by atoms with Crippen molar-refractivity contribution in [3.05, 3.63) is 89.4 Å². The second-order valence-corrected chi connectivity index (χ2v) is 7.76. The van der Waals surface area contributed by atoms with E-state index in [0.29, 0.717) is 0 Å². The third kappa shape index (κ3) is 2.37. The summed E-state index contributed by atoms with van der Waals surface area (Å²) in [5, 5.41) is 11.7. The minimum atomic E-state index is -0.409. The standard InChI is InChI=1S/C24H18N4O/c29-23-24(18-5-1-2-6-21(18)26-23)13-19(24)16-8-9-17-20(27-28-22(17)12-16)10-7-15-4-3-11-25-14-15/h1-12,14,19H,13H2,(H,26,29)(H,27,28)/t19-,24-/m0/s1. The predicted molar refractivity (Wildman–Crippen MR) is 113 cm³/mol. The zero-order chi connectivity index (χ0) is 19.4. The maximum atomic E-state index is 12.7. The molecule has 2 aromatic heterocycles. The number of hydrogen-bond acceptors (Lipinski definition) is 3. The molecule has 0 radical (unpaired) electrons. The highest BCUT2D eigenvalue weighted by molar-refractivity contribution is 6.09. The molecule has 4 aromatic rings. The summed E-state index contributed by atoms with van der Waals surface area (Å²) in [6.45, 7) is 0. The zero-order valence-corrected chi connectivity index (χ0v) is 15.6. The number of nitrogens with one attached hydrogen (secondary N) is 2. The van der Waals surface area contributed by atoms with Gasteiger partial charge in [-0.25, -0.2) is 0 Å². The van der Waals surface area contributed by atoms with Crippen molar-refractivity contribution in [3.63, 3.8) is 0 Å². The number of para-hydroxylation sites is 1. The van der Waals surface area contributed by atoms with E-state index in [-0.39, 0.29) is 11.8 Å². The van der Waals surface area contributed by atoms with E-state index < -0.39 is 5.41 Å². The van der Waals surface area contributed by atoms with Crippen LogP contribution in [0.15, 0.2) is 67.0 Å². The topological polar surface area (TPSA) is 70.7 Å². The third-order valence-electron chi connectivity index (χ3n) is 6.16. The van der Waals surface area contributed by atoms with Crippen LogP contribution in [0.1, 0.15) is 34.7 Å². The van der Waals surface area contributed by atoms with E-state index in [2.05, 4.69) is 44.8 Å². The highest BCUT2D eigenvalue weighted by atomic mass is 16.2. The molecule has 1 fully saturated rings. The number of pyridine rings is 1. The lowest BCUT2D eigenvalue weighted by Gasteiger charge is -2.08. The number of fused-ring (bicyclic) bond motifs is 3. The fourth-order valence-electron chi connectivity index (χ4n) is 4.60. The number of carbonyl (C=O) groups is 1. The van der Waals surface area contributed by atoms with Gasteiger partial charge in [0.15, 0.2) is 0 Å². The summed E-state index contributed by atoms with van der Waals surface area (Å²) in [4.78, 5) is 16.9. The molecule has 0 bridgehead atoms. The Balaban J connectivity index is 1.33. The molecule has 6 rings (SSSR count). The van der Waals surface area contributed by atoms with E-state index in [1.807, 2.05) is 48.7 Å². The Kier molecular flexibility index (Phi) is 3.29. The van der Waals surface area contributed by atoms with Crippen LogP contribution >= 0.6 is 0 Å². The average molecular weight is 378 g/mol. The molecule has 5 heteroatoms. The fraction of sp³-hybridized carbons (Fsp3) is 0.125. The van der Waals surface area contributed by atoms with Crippen LogP contribution in [0.3, 0.4) is 0 Å². The number of carbonyl (C=O) groups excluding carboxylic acids is 1. The second kappa shape index (κ2) is 5.88. The highest BCUT2D eigenvalue weighted by Gasteiger charge is 2.65. The van der Waals surface area contributed by atoms with Crippen LogP contribution in [0, 0.1) is 0 Å². The summed E-state index contributed by atoms with van der Waals surface area (Å²) in [5.41, 5.74) is 5.76. The summed E-state index contributed by atoms with van der Waals surface area (Å²) in [7, 11) is 0. The van der Waals surface area contributed by atoms with Crippen LogP contribution in [-0.4, -0.2) is 21.1 Å². The number of amides is 1. The van der Waals surface area contributed by atoms with Gasteiger partial charge >= 0.3 is 0 Å². The lowest BCUT2D eigenvalue weighted by atomic mass is 9.92. The third-order valence-corrected chi connectivity index (χ3v) is 6.16. The maximum Gasteiger partial charge on any atom is 0.235 e. The van der Waals surface area contributed by atoms with Gasteiger partial charge in [-0.3, -0.25) is 14.9 Å². The molecule has 0 saturated heterocycles. The smallest absolute Gasteiger partial charge is 0.235 e. The van der Waals surface area contributed by atoms with Gasteiger partial charge in [0.25, 0.3) is 0 Å². The Morgan fingerprint density at radius 2 is 2.00 bits per heavy atom. The molecule has 1 spiro atoms. The van der Waals surface area contributed by atoms with Gasteiger partial charge in [-0.05, 0) is 47.4 Å². The van der Waals surface area contributed by atoms with Gasteiger partial charge < -0.3 is 5.32 Å². The van der Waals surface area contributed by atoms with Crippen LogP contribution in [-0.2, 0) is 10.2 Å². The van der Waals surface area contributed by atoms with Gasteiger partial charge in [0.05, 0.1) is 16.6 Å². The average Bonchev–Trinajstić information content (AvgIpc) is 3.29. The minimum absolute atomic E-state index is 0.119. The number of rotatable bonds is 3. The van der Waals surface area contributed by atoms with Crippen molar-refractivity contribution < 1.29 is 4.79 Å². The number of aromatic nitrogens is 3. The van der Waals surface area contributed by atoms with Gasteiger partial charge in [0, 0.05) is 29.4 Å². The van der Waals surface area contributed by atoms with Gasteiger partial charge in [-0.15, -0.1) is 0 Å². The fourth-order valence-corrected chi connectivity index (χ4v) is 4.60. The number of H-pyrrole nitrogens is 1. The molecule has 2 aliphatic rings. The van der Waals surface area contributed by atoms with Crippen LogP contribution in [0.2, 0.25) is 0 Å². The molecule has 29 heavy (non-hydrogen) atoms. The summed E-state index contributed by atoms with van der Waals surface area (Å²) < 4.78 is 0. The SMILES string of the molecule is O=C1Nc2ccccc2[C@]12C[C@H]2c1ccc2c(C=Cc3cccnc3)n[nH]c2c1. The van der Waals surface area contributed by atoms with Crippen molar-refractivity contribution in [1.29, 1.82) is 0 Å². The van der Waals surface area contributed by atoms with E-state index in [1.165, 1.54) is 5.56 Å². The predicted octanol–water partition coefficient (Wildman–Crippen LogP) is 4.51. The van der Waals surface area contributed by atoms with E-state index in [4.69, 9.17) is 0 Å². The Morgan fingerprint density at radius 3 is 2.90 bits per heavy atom. The quantitative estimate of drug-likeness (QED) is 0.551. The van der Waals surface area contributed by atoms with Crippen molar-refractivity contribution in [2.45, 2.75) is 17.8 Å². The molecule has 2 N–H and O–H groups in total. The van der Waals surface area contributed by atoms with Gasteiger partial charge in [-0.1, -0.05) is 42.5 Å². The summed E-state index contributed by atoms with van der Waals surface area (Å²) >= 11 is 0. The van der Waals surface area contributed by atoms with Crippen molar-refractivity contribution in [2.24, 2.45) is 0 Å². The molecule has 0 unspecified atom stereocenters. The normalized spacial score (nSPS) is 22.3. The number of benzene rings is 2. The van der Waals surface area contributed by atoms with Crippen LogP contribution < -0.4 is 5.32 Å². The first-order valence-electron chi connectivity index (χ1n) is 9.73. The molecular formula is C24H18N4O. The number of hydrogen-bond donors (Lipinski definition) is 2. The number of aromatic amines is 1. The first-order chi connectivity index (χ1) is 14.3. The minimum Gasteiger partial charge on any atom is -0.325 e. The van der Waals surface area contributed by atoms with Crippen molar-refractivity contribution >= 4 is 34.6 Å². The largest absolute Gasteiger partial charge is 0.325 e. The Hall–Kier alpha value is -3.73. The second-order valence-electron chi connectivity index (χ2n) is 7.76. The first-order valence-corrected chi connectivity index (χ1v) is 9.73. The molecule has 3 heterocycles. The number of anilines is 1. The van der Waals surface area contributed by atoms with E-state index in [0.717, 1.165) is 39.8 Å². The van der Waals surface area contributed by atoms with Gasteiger partial charge in [0.2, 0.25) is 5.91 Å². The molecule has 1 aliphatic carbocycles. The van der Waals surface area contributed by atoms with Crippen molar-refractivity contribution in [3.8, 4) is 0 Å². The Morgan fingerprint density at radius 1 is 1.07 bits per heavy atom. The summed E-state index contributed by atoms with van der Waals surface area (Å²) in [6, 6.07) is 18.3. The lowest BCUT2D eigenvalue weighted by Crippen LogP contribution is -2.20. The molecule has 2 aromatic carbocycles. The van der Waals surface area contributed by atoms with E-state index in [1.54, 1.807) is 6.20 Å². The molecule has 1 saturated carbocycles. The monoisotopic (exact) mass is 378 g/mol. The summed E-state index contributed by atoms with van der Waals surface area (Å²) in [5.74, 6) is 0.321. The number of nitrogens with zero attached hydrogens (tertiary/aromatic N) is 2. The Labute approximate surface area is 167 Å². The molecule has 2 atom stereocenters.